The molecule has 0 bridgehead atoms. The highest BCUT2D eigenvalue weighted by Crippen LogP contribution is 2.29. The monoisotopic (exact) mass is 338 g/mol. The van der Waals surface area contributed by atoms with E-state index in [1.165, 1.54) is 12.1 Å². The van der Waals surface area contributed by atoms with Gasteiger partial charge in [-0.05, 0) is 44.4 Å². The highest BCUT2D eigenvalue weighted by molar-refractivity contribution is 5.78. The fourth-order valence-corrected chi connectivity index (χ4v) is 2.94. The topological polar surface area (TPSA) is 61.8 Å². The summed E-state index contributed by atoms with van der Waals surface area (Å²) in [5, 5.41) is 12.5. The minimum absolute atomic E-state index is 0.0126. The van der Waals surface area contributed by atoms with Crippen LogP contribution in [0.3, 0.4) is 0 Å². The Bertz CT molecular complexity index is 545. The maximum Gasteiger partial charge on any atom is 0.246 e. The first-order chi connectivity index (χ1) is 11.5. The SMILES string of the molecule is CCCOCC(=O)N[C@@H](C)c1cc(F)ccc1N1CCC(O)CC1. The summed E-state index contributed by atoms with van der Waals surface area (Å²) in [5.41, 5.74) is 1.65. The molecule has 2 rings (SSSR count). The third kappa shape index (κ3) is 5.18. The summed E-state index contributed by atoms with van der Waals surface area (Å²) in [5.74, 6) is -0.533. The molecule has 0 saturated carbocycles. The van der Waals surface area contributed by atoms with Crippen LogP contribution in [-0.2, 0) is 9.53 Å². The van der Waals surface area contributed by atoms with Gasteiger partial charge >= 0.3 is 0 Å². The van der Waals surface area contributed by atoms with E-state index in [1.54, 1.807) is 6.07 Å². The van der Waals surface area contributed by atoms with E-state index >= 15 is 0 Å². The second-order valence-electron chi connectivity index (χ2n) is 6.26. The minimum Gasteiger partial charge on any atom is -0.393 e. The first-order valence-electron chi connectivity index (χ1n) is 8.60. The number of aliphatic hydroxyl groups is 1. The highest BCUT2D eigenvalue weighted by Gasteiger charge is 2.22. The Morgan fingerprint density at radius 2 is 2.17 bits per heavy atom. The average molecular weight is 338 g/mol. The van der Waals surface area contributed by atoms with E-state index in [0.717, 1.165) is 30.8 Å². The number of benzene rings is 1. The zero-order valence-electron chi connectivity index (χ0n) is 14.4. The molecule has 1 atom stereocenters. The van der Waals surface area contributed by atoms with E-state index in [9.17, 15) is 14.3 Å². The van der Waals surface area contributed by atoms with Crippen LogP contribution >= 0.6 is 0 Å². The maximum absolute atomic E-state index is 13.7. The summed E-state index contributed by atoms with van der Waals surface area (Å²) in [7, 11) is 0. The van der Waals surface area contributed by atoms with Gasteiger partial charge in [-0.15, -0.1) is 0 Å². The molecule has 1 heterocycles. The Hall–Kier alpha value is -1.66. The quantitative estimate of drug-likeness (QED) is 0.750. The predicted molar refractivity (Wildman–Crippen MR) is 91.5 cm³/mol. The van der Waals surface area contributed by atoms with Crippen molar-refractivity contribution in [2.45, 2.75) is 45.3 Å². The third-order valence-electron chi connectivity index (χ3n) is 4.22. The zero-order chi connectivity index (χ0) is 17.5. The largest absolute Gasteiger partial charge is 0.393 e. The number of carbonyl (C=O) groups excluding carboxylic acids is 1. The molecule has 1 fully saturated rings. The van der Waals surface area contributed by atoms with Gasteiger partial charge in [0.25, 0.3) is 0 Å². The second-order valence-corrected chi connectivity index (χ2v) is 6.26. The molecule has 134 valence electrons. The van der Waals surface area contributed by atoms with Gasteiger partial charge < -0.3 is 20.1 Å². The lowest BCUT2D eigenvalue weighted by molar-refractivity contribution is -0.126. The fourth-order valence-electron chi connectivity index (χ4n) is 2.94. The van der Waals surface area contributed by atoms with Crippen molar-refractivity contribution in [2.24, 2.45) is 0 Å². The Morgan fingerprint density at radius 3 is 2.83 bits per heavy atom. The van der Waals surface area contributed by atoms with E-state index in [2.05, 4.69) is 10.2 Å². The normalized spacial score (nSPS) is 16.9. The summed E-state index contributed by atoms with van der Waals surface area (Å²) < 4.78 is 19.0. The van der Waals surface area contributed by atoms with Crippen LogP contribution < -0.4 is 10.2 Å². The summed E-state index contributed by atoms with van der Waals surface area (Å²) in [4.78, 5) is 14.1. The van der Waals surface area contributed by atoms with Crippen molar-refractivity contribution >= 4 is 11.6 Å². The van der Waals surface area contributed by atoms with Crippen molar-refractivity contribution in [3.05, 3.63) is 29.6 Å². The third-order valence-corrected chi connectivity index (χ3v) is 4.22. The van der Waals surface area contributed by atoms with Crippen molar-refractivity contribution in [1.29, 1.82) is 0 Å². The number of aliphatic hydroxyl groups excluding tert-OH is 1. The predicted octanol–water partition coefficient (Wildman–Crippen LogP) is 2.39. The van der Waals surface area contributed by atoms with Gasteiger partial charge in [-0.2, -0.15) is 0 Å². The lowest BCUT2D eigenvalue weighted by Gasteiger charge is -2.34. The van der Waals surface area contributed by atoms with Gasteiger partial charge in [0.1, 0.15) is 12.4 Å². The van der Waals surface area contributed by atoms with Crippen LogP contribution in [0, 0.1) is 5.82 Å². The number of nitrogens with zero attached hydrogens (tertiary/aromatic N) is 1. The van der Waals surface area contributed by atoms with Gasteiger partial charge in [-0.3, -0.25) is 4.79 Å². The van der Waals surface area contributed by atoms with Gasteiger partial charge in [0.05, 0.1) is 12.1 Å². The zero-order valence-corrected chi connectivity index (χ0v) is 14.4. The van der Waals surface area contributed by atoms with Crippen molar-refractivity contribution in [3.8, 4) is 0 Å². The van der Waals surface area contributed by atoms with E-state index in [0.29, 0.717) is 19.4 Å². The number of anilines is 1. The maximum atomic E-state index is 13.7. The van der Waals surface area contributed by atoms with E-state index < -0.39 is 0 Å². The highest BCUT2D eigenvalue weighted by atomic mass is 19.1. The molecule has 6 heteroatoms. The number of nitrogens with one attached hydrogen (secondary N) is 1. The van der Waals surface area contributed by atoms with Gasteiger partial charge in [0.15, 0.2) is 0 Å². The summed E-state index contributed by atoms with van der Waals surface area (Å²) in [6.45, 7) is 5.83. The van der Waals surface area contributed by atoms with Gasteiger partial charge in [0.2, 0.25) is 5.91 Å². The summed E-state index contributed by atoms with van der Waals surface area (Å²) >= 11 is 0. The molecular weight excluding hydrogens is 311 g/mol. The van der Waals surface area contributed by atoms with Crippen LogP contribution in [0.4, 0.5) is 10.1 Å². The van der Waals surface area contributed by atoms with Crippen LogP contribution in [0.25, 0.3) is 0 Å². The lowest BCUT2D eigenvalue weighted by Crippen LogP contribution is -2.37. The second kappa shape index (κ2) is 8.99. The van der Waals surface area contributed by atoms with E-state index in [4.69, 9.17) is 4.74 Å². The molecule has 0 aliphatic carbocycles. The van der Waals surface area contributed by atoms with Crippen LogP contribution in [0.1, 0.15) is 44.7 Å². The van der Waals surface area contributed by atoms with Crippen molar-refractivity contribution in [2.75, 3.05) is 31.2 Å². The van der Waals surface area contributed by atoms with Crippen LogP contribution in [0.2, 0.25) is 0 Å². The first kappa shape index (κ1) is 18.7. The summed E-state index contributed by atoms with van der Waals surface area (Å²) in [6.07, 6.45) is 1.99. The van der Waals surface area contributed by atoms with Gasteiger partial charge in [-0.1, -0.05) is 6.92 Å². The van der Waals surface area contributed by atoms with Crippen molar-refractivity contribution < 1.29 is 19.0 Å². The Labute approximate surface area is 142 Å². The molecule has 2 N–H and O–H groups in total. The number of rotatable bonds is 7. The molecule has 5 nitrogen and oxygen atoms in total. The molecule has 1 aliphatic rings. The molecule has 24 heavy (non-hydrogen) atoms. The number of hydrogen-bond donors (Lipinski definition) is 2. The molecule has 1 aromatic carbocycles. The standard InChI is InChI=1S/C18H27FN2O3/c1-3-10-24-12-18(23)20-13(2)16-11-14(19)4-5-17(16)21-8-6-15(22)7-9-21/h4-5,11,13,15,22H,3,6-10,12H2,1-2H3,(H,20,23)/t13-/m0/s1. The molecule has 0 radical (unpaired) electrons. The van der Waals surface area contributed by atoms with Crippen LogP contribution in [0.5, 0.6) is 0 Å². The molecule has 1 aliphatic heterocycles. The van der Waals surface area contributed by atoms with Crippen LogP contribution in [0.15, 0.2) is 18.2 Å². The number of piperidine rings is 1. The van der Waals surface area contributed by atoms with Gasteiger partial charge in [0, 0.05) is 30.9 Å². The molecule has 1 saturated heterocycles. The number of ether oxygens (including phenoxy) is 1. The Balaban J connectivity index is 2.07. The van der Waals surface area contributed by atoms with Crippen LogP contribution in [-0.4, -0.2) is 43.4 Å². The Kier molecular flexibility index (Phi) is 6.99. The number of hydrogen-bond acceptors (Lipinski definition) is 4. The first-order valence-corrected chi connectivity index (χ1v) is 8.60. The molecule has 0 unspecified atom stereocenters. The number of halogens is 1. The number of amides is 1. The smallest absolute Gasteiger partial charge is 0.246 e. The fraction of sp³-hybridized carbons (Fsp3) is 0.611. The molecule has 1 amide bonds. The van der Waals surface area contributed by atoms with Crippen molar-refractivity contribution in [1.82, 2.24) is 5.32 Å². The van der Waals surface area contributed by atoms with Gasteiger partial charge in [-0.25, -0.2) is 4.39 Å². The lowest BCUT2D eigenvalue weighted by atomic mass is 10.0. The molecule has 0 aromatic heterocycles. The van der Waals surface area contributed by atoms with E-state index in [-0.39, 0.29) is 30.5 Å². The molecule has 1 aromatic rings. The summed E-state index contributed by atoms with van der Waals surface area (Å²) in [6, 6.07) is 4.33. The average Bonchev–Trinajstić information content (AvgIpc) is 2.56. The van der Waals surface area contributed by atoms with E-state index in [1.807, 2.05) is 13.8 Å². The van der Waals surface area contributed by atoms with Crippen molar-refractivity contribution in [3.63, 3.8) is 0 Å². The Morgan fingerprint density at radius 1 is 1.46 bits per heavy atom. The molecular formula is C18H27FN2O3. The molecule has 0 spiro atoms. The number of carbonyl (C=O) groups is 1. The minimum atomic E-state index is -0.325.